The van der Waals surface area contributed by atoms with Crippen LogP contribution in [0.2, 0.25) is 0 Å². The van der Waals surface area contributed by atoms with Crippen LogP contribution in [0, 0.1) is 0 Å². The predicted octanol–water partition coefficient (Wildman–Crippen LogP) is 3.23. The van der Waals surface area contributed by atoms with Crippen molar-refractivity contribution in [3.05, 3.63) is 65.1 Å². The van der Waals surface area contributed by atoms with Gasteiger partial charge in [-0.25, -0.2) is 0 Å². The molecule has 3 heteroatoms. The van der Waals surface area contributed by atoms with Crippen molar-refractivity contribution in [3.63, 3.8) is 0 Å². The number of allylic oxidation sites excluding steroid dienone is 3. The summed E-state index contributed by atoms with van der Waals surface area (Å²) in [5, 5.41) is 0. The van der Waals surface area contributed by atoms with Crippen LogP contribution < -0.4 is 0 Å². The monoisotopic (exact) mass is 250 g/mol. The molecule has 0 fully saturated rings. The van der Waals surface area contributed by atoms with Gasteiger partial charge in [-0.15, -0.1) is 0 Å². The molecule has 0 radical (unpaired) electrons. The summed E-state index contributed by atoms with van der Waals surface area (Å²) in [6.07, 6.45) is 5.15. The Kier molecular flexibility index (Phi) is 2.72. The minimum atomic E-state index is 0.290. The third-order valence-electron chi connectivity index (χ3n) is 3.05. The molecule has 0 bridgehead atoms. The molecule has 1 aliphatic rings. The molecule has 0 atom stereocenters. The summed E-state index contributed by atoms with van der Waals surface area (Å²) in [6, 6.07) is 11.0. The highest BCUT2D eigenvalue weighted by molar-refractivity contribution is 6.17. The number of furan rings is 1. The summed E-state index contributed by atoms with van der Waals surface area (Å²) >= 11 is 0. The second kappa shape index (κ2) is 4.53. The second-order valence-corrected chi connectivity index (χ2v) is 4.22. The molecule has 1 aromatic carbocycles. The van der Waals surface area contributed by atoms with Crippen molar-refractivity contribution in [2.45, 2.75) is 0 Å². The van der Waals surface area contributed by atoms with Crippen LogP contribution in [0.15, 0.2) is 46.9 Å². The van der Waals surface area contributed by atoms with Crippen LogP contribution in [-0.4, -0.2) is 12.6 Å². The van der Waals surface area contributed by atoms with E-state index in [1.54, 1.807) is 12.1 Å². The lowest BCUT2D eigenvalue weighted by Crippen LogP contribution is -1.83. The first-order valence-corrected chi connectivity index (χ1v) is 5.85. The number of rotatable bonds is 3. The van der Waals surface area contributed by atoms with E-state index in [1.807, 2.05) is 36.4 Å². The molecule has 1 aliphatic carbocycles. The molecular formula is C16H10O3. The van der Waals surface area contributed by atoms with Gasteiger partial charge in [0.2, 0.25) is 0 Å². The summed E-state index contributed by atoms with van der Waals surface area (Å²) in [7, 11) is 0. The fraction of sp³-hybridized carbons (Fsp3) is 0. The van der Waals surface area contributed by atoms with E-state index in [0.717, 1.165) is 23.0 Å². The molecular weight excluding hydrogens is 240 g/mol. The molecule has 2 aromatic rings. The fourth-order valence-corrected chi connectivity index (χ4v) is 2.19. The summed E-state index contributed by atoms with van der Waals surface area (Å²) < 4.78 is 5.32. The fourth-order valence-electron chi connectivity index (χ4n) is 2.19. The Labute approximate surface area is 109 Å². The number of aldehydes is 2. The maximum absolute atomic E-state index is 11.1. The van der Waals surface area contributed by atoms with Crippen molar-refractivity contribution < 1.29 is 14.0 Å². The van der Waals surface area contributed by atoms with E-state index in [9.17, 15) is 9.59 Å². The van der Waals surface area contributed by atoms with Crippen molar-refractivity contribution in [2.75, 3.05) is 0 Å². The normalized spacial score (nSPS) is 15.2. The molecule has 3 nitrogen and oxygen atoms in total. The van der Waals surface area contributed by atoms with E-state index in [-0.39, 0.29) is 5.76 Å². The number of benzene rings is 1. The van der Waals surface area contributed by atoms with E-state index in [0.29, 0.717) is 17.6 Å². The Balaban J connectivity index is 2.09. The third-order valence-corrected chi connectivity index (χ3v) is 3.05. The molecule has 0 unspecified atom stereocenters. The van der Waals surface area contributed by atoms with Crippen LogP contribution in [0.25, 0.3) is 17.2 Å². The number of hydrogen-bond acceptors (Lipinski definition) is 3. The Bertz CT molecular complexity index is 717. The van der Waals surface area contributed by atoms with Gasteiger partial charge in [0.05, 0.1) is 0 Å². The van der Waals surface area contributed by atoms with Crippen molar-refractivity contribution in [1.29, 1.82) is 0 Å². The van der Waals surface area contributed by atoms with Crippen LogP contribution in [0.1, 0.15) is 27.4 Å². The van der Waals surface area contributed by atoms with Gasteiger partial charge in [0.15, 0.2) is 18.3 Å². The topological polar surface area (TPSA) is 47.3 Å². The smallest absolute Gasteiger partial charge is 0.185 e. The maximum Gasteiger partial charge on any atom is 0.185 e. The van der Waals surface area contributed by atoms with Gasteiger partial charge in [-0.2, -0.15) is 0 Å². The van der Waals surface area contributed by atoms with Crippen LogP contribution >= 0.6 is 0 Å². The Morgan fingerprint density at radius 1 is 0.842 bits per heavy atom. The molecule has 0 saturated heterocycles. The van der Waals surface area contributed by atoms with Gasteiger partial charge < -0.3 is 4.42 Å². The molecule has 3 rings (SSSR count). The standard InChI is InChI=1S/C16H10O3/c17-9-12-7-11(15-3-1-2-4-16(12)15)8-13-5-6-14(10-18)19-13/h1-10H/b11-8+. The maximum atomic E-state index is 11.1. The van der Waals surface area contributed by atoms with Crippen molar-refractivity contribution in [3.8, 4) is 0 Å². The quantitative estimate of drug-likeness (QED) is 0.786. The minimum absolute atomic E-state index is 0.290. The lowest BCUT2D eigenvalue weighted by Gasteiger charge is -2.00. The van der Waals surface area contributed by atoms with Gasteiger partial charge in [-0.1, -0.05) is 24.3 Å². The number of carbonyl (C=O) groups is 2. The number of fused-ring (bicyclic) bond motifs is 1. The highest BCUT2D eigenvalue weighted by Gasteiger charge is 2.17. The van der Waals surface area contributed by atoms with E-state index in [1.165, 1.54) is 0 Å². The average Bonchev–Trinajstić information content (AvgIpc) is 3.04. The van der Waals surface area contributed by atoms with E-state index in [2.05, 4.69) is 0 Å². The highest BCUT2D eigenvalue weighted by Crippen LogP contribution is 2.35. The van der Waals surface area contributed by atoms with Gasteiger partial charge in [-0.05, 0) is 41.0 Å². The van der Waals surface area contributed by atoms with Crippen molar-refractivity contribution in [1.82, 2.24) is 0 Å². The highest BCUT2D eigenvalue weighted by atomic mass is 16.3. The summed E-state index contributed by atoms with van der Waals surface area (Å²) in [5.41, 5.74) is 3.48. The Morgan fingerprint density at radius 2 is 1.58 bits per heavy atom. The second-order valence-electron chi connectivity index (χ2n) is 4.22. The molecule has 0 N–H and O–H groups in total. The van der Waals surface area contributed by atoms with E-state index in [4.69, 9.17) is 4.42 Å². The SMILES string of the molecule is O=CC1=C/C(=C\c2ccc(C=O)o2)c2ccccc21. The average molecular weight is 250 g/mol. The first-order chi connectivity index (χ1) is 9.31. The van der Waals surface area contributed by atoms with Crippen molar-refractivity contribution in [2.24, 2.45) is 0 Å². The third kappa shape index (κ3) is 1.95. The van der Waals surface area contributed by atoms with Crippen LogP contribution in [-0.2, 0) is 4.79 Å². The van der Waals surface area contributed by atoms with Crippen LogP contribution in [0.5, 0.6) is 0 Å². The molecule has 0 saturated carbocycles. The zero-order valence-corrected chi connectivity index (χ0v) is 10.00. The van der Waals surface area contributed by atoms with Crippen LogP contribution in [0.3, 0.4) is 0 Å². The molecule has 1 heterocycles. The minimum Gasteiger partial charge on any atom is -0.454 e. The molecule has 1 aromatic heterocycles. The lowest BCUT2D eigenvalue weighted by molar-refractivity contribution is -0.103. The zero-order chi connectivity index (χ0) is 13.2. The molecule has 0 amide bonds. The zero-order valence-electron chi connectivity index (χ0n) is 10.00. The van der Waals surface area contributed by atoms with Gasteiger partial charge >= 0.3 is 0 Å². The van der Waals surface area contributed by atoms with Gasteiger partial charge in [-0.3, -0.25) is 9.59 Å². The van der Waals surface area contributed by atoms with Gasteiger partial charge in [0.25, 0.3) is 0 Å². The first-order valence-electron chi connectivity index (χ1n) is 5.85. The first kappa shape index (κ1) is 11.4. The molecule has 92 valence electrons. The van der Waals surface area contributed by atoms with E-state index >= 15 is 0 Å². The lowest BCUT2D eigenvalue weighted by atomic mass is 10.0. The summed E-state index contributed by atoms with van der Waals surface area (Å²) in [4.78, 5) is 21.6. The molecule has 0 spiro atoms. The summed E-state index contributed by atoms with van der Waals surface area (Å²) in [6.45, 7) is 0. The van der Waals surface area contributed by atoms with Gasteiger partial charge in [0, 0.05) is 5.57 Å². The Morgan fingerprint density at radius 3 is 2.26 bits per heavy atom. The van der Waals surface area contributed by atoms with Crippen LogP contribution in [0.4, 0.5) is 0 Å². The number of carbonyl (C=O) groups excluding carboxylic acids is 2. The number of hydrogen-bond donors (Lipinski definition) is 0. The largest absolute Gasteiger partial charge is 0.454 e. The predicted molar refractivity (Wildman–Crippen MR) is 72.4 cm³/mol. The molecule has 0 aliphatic heterocycles. The van der Waals surface area contributed by atoms with E-state index < -0.39 is 0 Å². The van der Waals surface area contributed by atoms with Gasteiger partial charge in [0.1, 0.15) is 5.76 Å². The molecule has 19 heavy (non-hydrogen) atoms. The summed E-state index contributed by atoms with van der Waals surface area (Å²) in [5.74, 6) is 0.882. The Hall–Kier alpha value is -2.68. The van der Waals surface area contributed by atoms with Crippen molar-refractivity contribution >= 4 is 29.8 Å².